The minimum Gasteiger partial charge on any atom is -0.452 e. The van der Waals surface area contributed by atoms with Gasteiger partial charge in [0, 0.05) is 44.2 Å². The molecule has 1 saturated heterocycles. The first-order valence-electron chi connectivity index (χ1n) is 9.12. The van der Waals surface area contributed by atoms with Crippen LogP contribution in [0.1, 0.15) is 23.2 Å². The van der Waals surface area contributed by atoms with E-state index in [1.54, 1.807) is 12.1 Å². The number of benzene rings is 2. The number of hydrogen-bond acceptors (Lipinski definition) is 5. The number of hydrogen-bond donors (Lipinski definition) is 1. The van der Waals surface area contributed by atoms with Crippen LogP contribution in [0, 0.1) is 0 Å². The van der Waals surface area contributed by atoms with Crippen molar-refractivity contribution in [2.45, 2.75) is 12.8 Å². The maximum Gasteiger partial charge on any atom is 0.338 e. The maximum atomic E-state index is 12.1. The number of rotatable bonds is 6. The molecular weight excluding hydrogens is 342 g/mol. The molecule has 142 valence electrons. The molecule has 1 fully saturated rings. The van der Waals surface area contributed by atoms with E-state index >= 15 is 0 Å². The Morgan fingerprint density at radius 3 is 2.22 bits per heavy atom. The fraction of sp³-hybridized carbons (Fsp3) is 0.333. The third-order valence-electron chi connectivity index (χ3n) is 4.58. The van der Waals surface area contributed by atoms with E-state index in [9.17, 15) is 9.59 Å². The van der Waals surface area contributed by atoms with E-state index in [2.05, 4.69) is 10.2 Å². The second kappa shape index (κ2) is 8.58. The van der Waals surface area contributed by atoms with Gasteiger partial charge in [0.15, 0.2) is 6.61 Å². The van der Waals surface area contributed by atoms with E-state index in [1.165, 1.54) is 12.8 Å². The van der Waals surface area contributed by atoms with Gasteiger partial charge in [-0.05, 0) is 61.4 Å². The Balaban J connectivity index is 1.48. The summed E-state index contributed by atoms with van der Waals surface area (Å²) < 4.78 is 5.09. The van der Waals surface area contributed by atoms with Crippen LogP contribution in [0.15, 0.2) is 48.5 Å². The first-order valence-corrected chi connectivity index (χ1v) is 9.12. The normalized spacial score (nSPS) is 13.3. The molecule has 0 unspecified atom stereocenters. The van der Waals surface area contributed by atoms with Gasteiger partial charge >= 0.3 is 5.97 Å². The van der Waals surface area contributed by atoms with Crippen molar-refractivity contribution in [3.05, 3.63) is 54.1 Å². The molecule has 6 heteroatoms. The minimum absolute atomic E-state index is 0.317. The molecular formula is C21H25N3O3. The molecule has 2 aromatic carbocycles. The number of amides is 1. The highest BCUT2D eigenvalue weighted by atomic mass is 16.5. The van der Waals surface area contributed by atoms with Gasteiger partial charge in [0.2, 0.25) is 0 Å². The number of carbonyl (C=O) groups is 2. The molecule has 1 heterocycles. The smallest absolute Gasteiger partial charge is 0.338 e. The van der Waals surface area contributed by atoms with Crippen LogP contribution in [-0.4, -0.2) is 45.7 Å². The Morgan fingerprint density at radius 2 is 1.63 bits per heavy atom. The van der Waals surface area contributed by atoms with Gasteiger partial charge < -0.3 is 19.9 Å². The van der Waals surface area contributed by atoms with Gasteiger partial charge in [-0.15, -0.1) is 0 Å². The van der Waals surface area contributed by atoms with Crippen LogP contribution in [0.4, 0.5) is 17.1 Å². The lowest BCUT2D eigenvalue weighted by atomic mass is 10.2. The fourth-order valence-corrected chi connectivity index (χ4v) is 3.04. The molecule has 1 amide bonds. The van der Waals surface area contributed by atoms with Gasteiger partial charge in [-0.2, -0.15) is 0 Å². The molecule has 1 aliphatic rings. The quantitative estimate of drug-likeness (QED) is 0.795. The Kier molecular flexibility index (Phi) is 5.96. The summed E-state index contributed by atoms with van der Waals surface area (Å²) >= 11 is 0. The van der Waals surface area contributed by atoms with Crippen LogP contribution in [0.3, 0.4) is 0 Å². The minimum atomic E-state index is -0.514. The van der Waals surface area contributed by atoms with Gasteiger partial charge in [-0.3, -0.25) is 4.79 Å². The lowest BCUT2D eigenvalue weighted by Crippen LogP contribution is -2.21. The number of carbonyl (C=O) groups excluding carboxylic acids is 2. The monoisotopic (exact) mass is 367 g/mol. The largest absolute Gasteiger partial charge is 0.452 e. The van der Waals surface area contributed by atoms with E-state index < -0.39 is 5.97 Å². The van der Waals surface area contributed by atoms with Crippen LogP contribution in [0.2, 0.25) is 0 Å². The summed E-state index contributed by atoms with van der Waals surface area (Å²) in [6, 6.07) is 14.8. The van der Waals surface area contributed by atoms with Crippen molar-refractivity contribution in [3.63, 3.8) is 0 Å². The van der Waals surface area contributed by atoms with Crippen molar-refractivity contribution < 1.29 is 14.3 Å². The van der Waals surface area contributed by atoms with E-state index in [0.29, 0.717) is 11.3 Å². The topological polar surface area (TPSA) is 61.9 Å². The summed E-state index contributed by atoms with van der Waals surface area (Å²) in [7, 11) is 3.85. The summed E-state index contributed by atoms with van der Waals surface area (Å²) in [5, 5.41) is 2.75. The van der Waals surface area contributed by atoms with Crippen LogP contribution in [-0.2, 0) is 9.53 Å². The van der Waals surface area contributed by atoms with Crippen molar-refractivity contribution in [1.82, 2.24) is 0 Å². The van der Waals surface area contributed by atoms with E-state index in [4.69, 9.17) is 4.74 Å². The van der Waals surface area contributed by atoms with Gasteiger partial charge in [-0.25, -0.2) is 4.79 Å². The average molecular weight is 367 g/mol. The summed E-state index contributed by atoms with van der Waals surface area (Å²) in [5.41, 5.74) is 3.26. The number of ether oxygens (including phenoxy) is 1. The predicted molar refractivity (Wildman–Crippen MR) is 108 cm³/mol. The van der Waals surface area contributed by atoms with Crippen molar-refractivity contribution in [1.29, 1.82) is 0 Å². The van der Waals surface area contributed by atoms with Gasteiger partial charge in [-0.1, -0.05) is 0 Å². The molecule has 2 aromatic rings. The highest BCUT2D eigenvalue weighted by molar-refractivity contribution is 5.95. The van der Waals surface area contributed by atoms with E-state index in [-0.39, 0.29) is 12.5 Å². The first-order chi connectivity index (χ1) is 13.0. The van der Waals surface area contributed by atoms with Crippen molar-refractivity contribution in [3.8, 4) is 0 Å². The van der Waals surface area contributed by atoms with Gasteiger partial charge in [0.05, 0.1) is 5.56 Å². The van der Waals surface area contributed by atoms with Gasteiger partial charge in [0.25, 0.3) is 5.91 Å². The summed E-state index contributed by atoms with van der Waals surface area (Å²) in [5.74, 6) is -0.873. The lowest BCUT2D eigenvalue weighted by molar-refractivity contribution is -0.119. The molecule has 1 aliphatic heterocycles. The standard InChI is InChI=1S/C21H25N3O3/c1-23(2)18-9-5-16(6-10-18)21(26)27-15-20(25)22-17-7-11-19(12-8-17)24-13-3-4-14-24/h5-12H,3-4,13-15H2,1-2H3,(H,22,25). The molecule has 0 atom stereocenters. The SMILES string of the molecule is CN(C)c1ccc(C(=O)OCC(=O)Nc2ccc(N3CCCC3)cc2)cc1. The second-order valence-electron chi connectivity index (χ2n) is 6.81. The third-order valence-corrected chi connectivity index (χ3v) is 4.58. The lowest BCUT2D eigenvalue weighted by Gasteiger charge is -2.17. The molecule has 27 heavy (non-hydrogen) atoms. The highest BCUT2D eigenvalue weighted by Crippen LogP contribution is 2.22. The predicted octanol–water partition coefficient (Wildman–Crippen LogP) is 3.15. The van der Waals surface area contributed by atoms with Crippen molar-refractivity contribution in [2.24, 2.45) is 0 Å². The highest BCUT2D eigenvalue weighted by Gasteiger charge is 2.13. The Morgan fingerprint density at radius 1 is 1.00 bits per heavy atom. The zero-order valence-electron chi connectivity index (χ0n) is 15.8. The molecule has 1 N–H and O–H groups in total. The molecule has 0 aliphatic carbocycles. The van der Waals surface area contributed by atoms with Gasteiger partial charge in [0.1, 0.15) is 0 Å². The number of nitrogens with one attached hydrogen (secondary N) is 1. The molecule has 0 saturated carbocycles. The fourth-order valence-electron chi connectivity index (χ4n) is 3.04. The summed E-state index contributed by atoms with van der Waals surface area (Å²) in [6.07, 6.45) is 2.45. The van der Waals surface area contributed by atoms with E-state index in [1.807, 2.05) is 55.4 Å². The molecule has 0 spiro atoms. The van der Waals surface area contributed by atoms with Crippen molar-refractivity contribution in [2.75, 3.05) is 48.9 Å². The zero-order chi connectivity index (χ0) is 19.2. The maximum absolute atomic E-state index is 12.1. The molecule has 3 rings (SSSR count). The van der Waals surface area contributed by atoms with Crippen molar-refractivity contribution >= 4 is 28.9 Å². The van der Waals surface area contributed by atoms with E-state index in [0.717, 1.165) is 24.5 Å². The van der Waals surface area contributed by atoms with Crippen LogP contribution in [0.25, 0.3) is 0 Å². The second-order valence-corrected chi connectivity index (χ2v) is 6.81. The Labute approximate surface area is 159 Å². The molecule has 0 radical (unpaired) electrons. The van der Waals surface area contributed by atoms with Crippen LogP contribution < -0.4 is 15.1 Å². The molecule has 0 aromatic heterocycles. The first kappa shape index (κ1) is 18.8. The number of esters is 1. The van der Waals surface area contributed by atoms with Crippen LogP contribution >= 0.6 is 0 Å². The summed E-state index contributed by atoms with van der Waals surface area (Å²) in [4.78, 5) is 28.4. The molecule has 0 bridgehead atoms. The Bertz CT molecular complexity index is 779. The number of nitrogens with zero attached hydrogens (tertiary/aromatic N) is 2. The average Bonchev–Trinajstić information content (AvgIpc) is 3.21. The Hall–Kier alpha value is -3.02. The zero-order valence-corrected chi connectivity index (χ0v) is 15.8. The third kappa shape index (κ3) is 5.00. The molecule has 6 nitrogen and oxygen atoms in total. The summed E-state index contributed by atoms with van der Waals surface area (Å²) in [6.45, 7) is 1.84. The van der Waals surface area contributed by atoms with Crippen LogP contribution in [0.5, 0.6) is 0 Å². The number of anilines is 3.